The van der Waals surface area contributed by atoms with Crippen LogP contribution in [-0.4, -0.2) is 19.9 Å². The lowest BCUT2D eigenvalue weighted by molar-refractivity contribution is 0.544. The lowest BCUT2D eigenvalue weighted by atomic mass is 9.96. The Kier molecular flexibility index (Phi) is 2.90. The molecule has 0 bridgehead atoms. The number of fused-ring (bicyclic) bond motifs is 1. The molecular formula is C14H15N5S. The lowest BCUT2D eigenvalue weighted by Gasteiger charge is -2.17. The maximum atomic E-state index is 5.81. The number of nitrogens with zero attached hydrogens (tertiary/aromatic N) is 4. The predicted octanol–water partition coefficient (Wildman–Crippen LogP) is 3.03. The van der Waals surface area contributed by atoms with E-state index >= 15 is 0 Å². The van der Waals surface area contributed by atoms with Crippen LogP contribution >= 0.6 is 11.3 Å². The minimum absolute atomic E-state index is 0.174. The van der Waals surface area contributed by atoms with Crippen LogP contribution in [-0.2, 0) is 5.41 Å². The van der Waals surface area contributed by atoms with E-state index in [9.17, 15) is 0 Å². The number of rotatable bonds is 1. The molecule has 0 unspecified atom stereocenters. The van der Waals surface area contributed by atoms with Crippen LogP contribution in [0.1, 0.15) is 26.6 Å². The van der Waals surface area contributed by atoms with Gasteiger partial charge in [0.15, 0.2) is 5.82 Å². The second kappa shape index (κ2) is 4.49. The van der Waals surface area contributed by atoms with Gasteiger partial charge in [-0.15, -0.1) is 11.3 Å². The molecule has 0 aliphatic carbocycles. The topological polar surface area (TPSA) is 77.6 Å². The van der Waals surface area contributed by atoms with Crippen LogP contribution in [0.3, 0.4) is 0 Å². The highest BCUT2D eigenvalue weighted by Crippen LogP contribution is 2.26. The molecule has 20 heavy (non-hydrogen) atoms. The molecule has 0 aromatic carbocycles. The van der Waals surface area contributed by atoms with Crippen molar-refractivity contribution in [1.82, 2.24) is 19.9 Å². The second-order valence-corrected chi connectivity index (χ2v) is 6.57. The molecule has 0 amide bonds. The van der Waals surface area contributed by atoms with E-state index in [0.29, 0.717) is 11.6 Å². The number of nitrogen functional groups attached to an aromatic ring is 1. The van der Waals surface area contributed by atoms with Gasteiger partial charge in [-0.05, 0) is 17.5 Å². The zero-order valence-electron chi connectivity index (χ0n) is 11.6. The fourth-order valence-corrected chi connectivity index (χ4v) is 2.61. The Morgan fingerprint density at radius 3 is 2.70 bits per heavy atom. The first kappa shape index (κ1) is 12.9. The van der Waals surface area contributed by atoms with Crippen LogP contribution in [0.25, 0.3) is 21.6 Å². The quantitative estimate of drug-likeness (QED) is 0.743. The van der Waals surface area contributed by atoms with Crippen molar-refractivity contribution >= 4 is 27.5 Å². The number of nitrogens with two attached hydrogens (primary N) is 1. The Morgan fingerprint density at radius 1 is 1.15 bits per heavy atom. The van der Waals surface area contributed by atoms with E-state index in [2.05, 4.69) is 19.9 Å². The fourth-order valence-electron chi connectivity index (χ4n) is 1.83. The average molecular weight is 285 g/mol. The summed E-state index contributed by atoms with van der Waals surface area (Å²) in [5.41, 5.74) is 7.48. The number of hydrogen-bond acceptors (Lipinski definition) is 6. The van der Waals surface area contributed by atoms with Gasteiger partial charge in [0.1, 0.15) is 5.82 Å². The summed E-state index contributed by atoms with van der Waals surface area (Å²) in [6.07, 6.45) is 1.77. The van der Waals surface area contributed by atoms with Crippen LogP contribution < -0.4 is 5.73 Å². The van der Waals surface area contributed by atoms with Crippen molar-refractivity contribution in [2.75, 3.05) is 5.73 Å². The highest BCUT2D eigenvalue weighted by Gasteiger charge is 2.20. The third kappa shape index (κ3) is 2.34. The Morgan fingerprint density at radius 2 is 1.95 bits per heavy atom. The predicted molar refractivity (Wildman–Crippen MR) is 81.6 cm³/mol. The van der Waals surface area contributed by atoms with Gasteiger partial charge in [0.05, 0.1) is 10.2 Å². The van der Waals surface area contributed by atoms with E-state index in [1.807, 2.05) is 38.3 Å². The molecule has 6 heteroatoms. The molecular weight excluding hydrogens is 270 g/mol. The van der Waals surface area contributed by atoms with Gasteiger partial charge in [-0.1, -0.05) is 20.8 Å². The SMILES string of the molecule is CC(C)(C)c1nc(N)nc(-c2cnc3ccsc3c2)n1. The van der Waals surface area contributed by atoms with E-state index in [4.69, 9.17) is 5.73 Å². The molecule has 3 aromatic heterocycles. The summed E-state index contributed by atoms with van der Waals surface area (Å²) >= 11 is 1.65. The summed E-state index contributed by atoms with van der Waals surface area (Å²) in [4.78, 5) is 17.4. The van der Waals surface area contributed by atoms with E-state index in [-0.39, 0.29) is 11.4 Å². The standard InChI is InChI=1S/C14H15N5S/c1-14(2,3)12-17-11(18-13(15)19-12)8-6-10-9(16-7-8)4-5-20-10/h4-7H,1-3H3,(H2,15,17,18,19). The molecule has 0 aliphatic rings. The largest absolute Gasteiger partial charge is 0.368 e. The zero-order valence-corrected chi connectivity index (χ0v) is 12.4. The molecule has 102 valence electrons. The van der Waals surface area contributed by atoms with Gasteiger partial charge in [-0.2, -0.15) is 9.97 Å². The summed E-state index contributed by atoms with van der Waals surface area (Å²) in [5, 5.41) is 2.02. The molecule has 0 radical (unpaired) electrons. The Bertz CT molecular complexity index is 773. The van der Waals surface area contributed by atoms with E-state index in [1.165, 1.54) is 0 Å². The summed E-state index contributed by atoms with van der Waals surface area (Å²) < 4.78 is 1.11. The van der Waals surface area contributed by atoms with E-state index in [0.717, 1.165) is 15.8 Å². The van der Waals surface area contributed by atoms with Crippen molar-refractivity contribution < 1.29 is 0 Å². The van der Waals surface area contributed by atoms with E-state index in [1.54, 1.807) is 17.5 Å². The third-order valence-corrected chi connectivity index (χ3v) is 3.74. The third-order valence-electron chi connectivity index (χ3n) is 2.88. The molecule has 0 spiro atoms. The molecule has 0 atom stereocenters. The molecule has 0 saturated carbocycles. The first-order chi connectivity index (χ1) is 9.43. The van der Waals surface area contributed by atoms with Crippen molar-refractivity contribution in [3.05, 3.63) is 29.5 Å². The minimum atomic E-state index is -0.174. The molecule has 0 fully saturated rings. The van der Waals surface area contributed by atoms with E-state index < -0.39 is 0 Å². The van der Waals surface area contributed by atoms with Gasteiger partial charge in [-0.3, -0.25) is 4.98 Å². The van der Waals surface area contributed by atoms with Crippen molar-refractivity contribution in [3.63, 3.8) is 0 Å². The molecule has 2 N–H and O–H groups in total. The van der Waals surface area contributed by atoms with Gasteiger partial charge < -0.3 is 5.73 Å². The molecule has 0 aliphatic heterocycles. The highest BCUT2D eigenvalue weighted by atomic mass is 32.1. The first-order valence-electron chi connectivity index (χ1n) is 6.29. The van der Waals surface area contributed by atoms with Crippen molar-refractivity contribution in [1.29, 1.82) is 0 Å². The summed E-state index contributed by atoms with van der Waals surface area (Å²) in [6.45, 7) is 6.14. The van der Waals surface area contributed by atoms with Gasteiger partial charge in [-0.25, -0.2) is 4.98 Å². The molecule has 3 aromatic rings. The average Bonchev–Trinajstić information content (AvgIpc) is 2.84. The first-order valence-corrected chi connectivity index (χ1v) is 7.17. The van der Waals surface area contributed by atoms with Crippen LogP contribution in [0.2, 0.25) is 0 Å². The van der Waals surface area contributed by atoms with Gasteiger partial charge in [0.2, 0.25) is 5.95 Å². The maximum Gasteiger partial charge on any atom is 0.223 e. The zero-order chi connectivity index (χ0) is 14.3. The Hall–Kier alpha value is -2.08. The fraction of sp³-hybridized carbons (Fsp3) is 0.286. The number of aromatic nitrogens is 4. The molecule has 5 nitrogen and oxygen atoms in total. The lowest BCUT2D eigenvalue weighted by Crippen LogP contribution is -2.18. The van der Waals surface area contributed by atoms with Crippen LogP contribution in [0, 0.1) is 0 Å². The minimum Gasteiger partial charge on any atom is -0.368 e. The highest BCUT2D eigenvalue weighted by molar-refractivity contribution is 7.17. The summed E-state index contributed by atoms with van der Waals surface area (Å²) in [5.74, 6) is 1.50. The molecule has 3 heterocycles. The normalized spacial score (nSPS) is 11.9. The van der Waals surface area contributed by atoms with Crippen LogP contribution in [0.15, 0.2) is 23.7 Å². The Balaban J connectivity index is 2.15. The Labute approximate surface area is 120 Å². The second-order valence-electron chi connectivity index (χ2n) is 5.62. The van der Waals surface area contributed by atoms with Gasteiger partial charge >= 0.3 is 0 Å². The number of pyridine rings is 1. The smallest absolute Gasteiger partial charge is 0.223 e. The maximum absolute atomic E-state index is 5.81. The van der Waals surface area contributed by atoms with Crippen molar-refractivity contribution in [2.45, 2.75) is 26.2 Å². The van der Waals surface area contributed by atoms with Gasteiger partial charge in [0.25, 0.3) is 0 Å². The monoisotopic (exact) mass is 285 g/mol. The van der Waals surface area contributed by atoms with Crippen LogP contribution in [0.5, 0.6) is 0 Å². The molecule has 3 rings (SSSR count). The molecule has 0 saturated heterocycles. The summed E-state index contributed by atoms with van der Waals surface area (Å²) in [6, 6.07) is 4.03. The van der Waals surface area contributed by atoms with Gasteiger partial charge in [0, 0.05) is 17.2 Å². The number of hydrogen-bond donors (Lipinski definition) is 1. The number of thiophene rings is 1. The van der Waals surface area contributed by atoms with Crippen molar-refractivity contribution in [3.8, 4) is 11.4 Å². The van der Waals surface area contributed by atoms with Crippen LogP contribution in [0.4, 0.5) is 5.95 Å². The van der Waals surface area contributed by atoms with Crippen molar-refractivity contribution in [2.24, 2.45) is 0 Å². The summed E-state index contributed by atoms with van der Waals surface area (Å²) in [7, 11) is 0. The number of anilines is 1.